The molecule has 86 valence electrons. The lowest BCUT2D eigenvalue weighted by Gasteiger charge is -2.40. The molecular formula is C12H17N3O. The molecule has 0 atom stereocenters. The largest absolute Gasteiger partial charge is 0.317 e. The van der Waals surface area contributed by atoms with Gasteiger partial charge in [0, 0.05) is 6.42 Å². The molecule has 4 nitrogen and oxygen atoms in total. The van der Waals surface area contributed by atoms with Gasteiger partial charge in [0.25, 0.3) is 0 Å². The lowest BCUT2D eigenvalue weighted by atomic mass is 9.71. The Kier molecular flexibility index (Phi) is 2.14. The molecular weight excluding hydrogens is 202 g/mol. The summed E-state index contributed by atoms with van der Waals surface area (Å²) >= 11 is 0. The van der Waals surface area contributed by atoms with Crippen LogP contribution in [0.15, 0.2) is 6.20 Å². The fourth-order valence-electron chi connectivity index (χ4n) is 3.01. The molecule has 0 amide bonds. The molecule has 4 heteroatoms. The zero-order valence-electron chi connectivity index (χ0n) is 9.62. The average Bonchev–Trinajstić information content (AvgIpc) is 2.62. The minimum atomic E-state index is 0.177. The molecule has 0 radical (unpaired) electrons. The Hall–Kier alpha value is -1.16. The van der Waals surface area contributed by atoms with E-state index in [0.717, 1.165) is 43.6 Å². The van der Waals surface area contributed by atoms with E-state index in [9.17, 15) is 4.79 Å². The van der Waals surface area contributed by atoms with Crippen molar-refractivity contribution < 1.29 is 4.79 Å². The first-order chi connectivity index (χ1) is 7.70. The van der Waals surface area contributed by atoms with Gasteiger partial charge >= 0.3 is 0 Å². The number of aromatic nitrogens is 2. The summed E-state index contributed by atoms with van der Waals surface area (Å²) in [5.41, 5.74) is 2.51. The van der Waals surface area contributed by atoms with Gasteiger partial charge in [-0.1, -0.05) is 0 Å². The Labute approximate surface area is 95.0 Å². The topological polar surface area (TPSA) is 46.9 Å². The second kappa shape index (κ2) is 3.42. The Morgan fingerprint density at radius 3 is 2.88 bits per heavy atom. The van der Waals surface area contributed by atoms with Crippen LogP contribution < -0.4 is 5.32 Å². The van der Waals surface area contributed by atoms with Crippen LogP contribution in [0.1, 0.15) is 35.3 Å². The van der Waals surface area contributed by atoms with Gasteiger partial charge in [-0.05, 0) is 50.3 Å². The molecule has 1 saturated heterocycles. The first kappa shape index (κ1) is 10.0. The number of hydrogen-bond acceptors (Lipinski definition) is 3. The van der Waals surface area contributed by atoms with E-state index in [0.29, 0.717) is 6.42 Å². The summed E-state index contributed by atoms with van der Waals surface area (Å²) in [7, 11) is 0. The maximum Gasteiger partial charge on any atom is 0.247 e. The van der Waals surface area contributed by atoms with Gasteiger partial charge in [0.2, 0.25) is 5.91 Å². The molecule has 0 bridgehead atoms. The highest BCUT2D eigenvalue weighted by molar-refractivity contribution is 5.81. The standard InChI is InChI=1S/C12H17N3O/c1-9-8-14-15-10(9)6-12(7-11(15)16)2-4-13-5-3-12/h8,13H,2-7H2,1H3. The van der Waals surface area contributed by atoms with Crippen molar-refractivity contribution in [3.8, 4) is 0 Å². The molecule has 1 fully saturated rings. The highest BCUT2D eigenvalue weighted by Gasteiger charge is 2.40. The van der Waals surface area contributed by atoms with Crippen LogP contribution in [0.25, 0.3) is 0 Å². The summed E-state index contributed by atoms with van der Waals surface area (Å²) in [4.78, 5) is 12.1. The molecule has 16 heavy (non-hydrogen) atoms. The second-order valence-electron chi connectivity index (χ2n) is 5.18. The van der Waals surface area contributed by atoms with Crippen molar-refractivity contribution in [1.82, 2.24) is 15.1 Å². The molecule has 1 aromatic rings. The average molecular weight is 219 g/mol. The molecule has 1 aromatic heterocycles. The lowest BCUT2D eigenvalue weighted by molar-refractivity contribution is 0.0700. The molecule has 1 spiro atoms. The quantitative estimate of drug-likeness (QED) is 0.712. The third kappa shape index (κ3) is 1.40. The molecule has 3 heterocycles. The third-order valence-corrected chi connectivity index (χ3v) is 4.05. The van der Waals surface area contributed by atoms with E-state index in [4.69, 9.17) is 0 Å². The van der Waals surface area contributed by atoms with Crippen molar-refractivity contribution in [1.29, 1.82) is 0 Å². The summed E-state index contributed by atoms with van der Waals surface area (Å²) in [5.74, 6) is 0.177. The smallest absolute Gasteiger partial charge is 0.247 e. The van der Waals surface area contributed by atoms with Gasteiger partial charge in [0.15, 0.2) is 0 Å². The number of nitrogens with zero attached hydrogens (tertiary/aromatic N) is 2. The summed E-state index contributed by atoms with van der Waals surface area (Å²) < 4.78 is 1.61. The second-order valence-corrected chi connectivity index (χ2v) is 5.18. The number of hydrogen-bond donors (Lipinski definition) is 1. The molecule has 2 aliphatic rings. The number of fused-ring (bicyclic) bond motifs is 1. The highest BCUT2D eigenvalue weighted by Crippen LogP contribution is 2.40. The number of carbonyl (C=O) groups is 1. The minimum Gasteiger partial charge on any atom is -0.317 e. The van der Waals surface area contributed by atoms with E-state index in [2.05, 4.69) is 10.4 Å². The Morgan fingerprint density at radius 2 is 2.12 bits per heavy atom. The maximum atomic E-state index is 12.1. The van der Waals surface area contributed by atoms with Crippen molar-refractivity contribution in [2.24, 2.45) is 5.41 Å². The predicted octanol–water partition coefficient (Wildman–Crippen LogP) is 1.15. The third-order valence-electron chi connectivity index (χ3n) is 4.05. The first-order valence-electron chi connectivity index (χ1n) is 5.98. The normalized spacial score (nSPS) is 23.4. The summed E-state index contributed by atoms with van der Waals surface area (Å²) in [5, 5.41) is 7.54. The van der Waals surface area contributed by atoms with Crippen LogP contribution in [0.4, 0.5) is 0 Å². The number of carbonyl (C=O) groups excluding carboxylic acids is 1. The summed E-state index contributed by atoms with van der Waals surface area (Å²) in [6.45, 7) is 4.13. The Balaban J connectivity index is 1.98. The zero-order valence-corrected chi connectivity index (χ0v) is 9.62. The van der Waals surface area contributed by atoms with Gasteiger partial charge < -0.3 is 5.32 Å². The molecule has 2 aliphatic heterocycles. The van der Waals surface area contributed by atoms with Crippen LogP contribution in [0.2, 0.25) is 0 Å². The minimum absolute atomic E-state index is 0.177. The van der Waals surface area contributed by atoms with E-state index in [1.807, 2.05) is 13.1 Å². The molecule has 0 aromatic carbocycles. The predicted molar refractivity (Wildman–Crippen MR) is 60.4 cm³/mol. The van der Waals surface area contributed by atoms with E-state index < -0.39 is 0 Å². The van der Waals surface area contributed by atoms with Crippen molar-refractivity contribution >= 4 is 5.91 Å². The van der Waals surface area contributed by atoms with Gasteiger partial charge in [0.1, 0.15) is 0 Å². The number of piperidine rings is 1. The highest BCUT2D eigenvalue weighted by atomic mass is 16.2. The molecule has 1 N–H and O–H groups in total. The Morgan fingerprint density at radius 1 is 1.38 bits per heavy atom. The van der Waals surface area contributed by atoms with Crippen LogP contribution in [-0.4, -0.2) is 28.8 Å². The molecule has 0 saturated carbocycles. The van der Waals surface area contributed by atoms with Crippen LogP contribution >= 0.6 is 0 Å². The maximum absolute atomic E-state index is 12.1. The van der Waals surface area contributed by atoms with E-state index in [1.165, 1.54) is 0 Å². The van der Waals surface area contributed by atoms with Crippen LogP contribution in [0.5, 0.6) is 0 Å². The number of rotatable bonds is 0. The molecule has 3 rings (SSSR count). The number of nitrogens with one attached hydrogen (secondary N) is 1. The van der Waals surface area contributed by atoms with Gasteiger partial charge in [-0.15, -0.1) is 0 Å². The van der Waals surface area contributed by atoms with E-state index >= 15 is 0 Å². The Bertz CT molecular complexity index is 429. The van der Waals surface area contributed by atoms with Crippen molar-refractivity contribution in [3.63, 3.8) is 0 Å². The number of aryl methyl sites for hydroxylation is 1. The van der Waals surface area contributed by atoms with Crippen LogP contribution in [0, 0.1) is 12.3 Å². The van der Waals surface area contributed by atoms with Crippen molar-refractivity contribution in [2.75, 3.05) is 13.1 Å². The fraction of sp³-hybridized carbons (Fsp3) is 0.667. The van der Waals surface area contributed by atoms with Crippen LogP contribution in [0.3, 0.4) is 0 Å². The van der Waals surface area contributed by atoms with E-state index in [-0.39, 0.29) is 11.3 Å². The summed E-state index contributed by atoms with van der Waals surface area (Å²) in [6.07, 6.45) is 5.73. The van der Waals surface area contributed by atoms with E-state index in [1.54, 1.807) is 4.68 Å². The van der Waals surface area contributed by atoms with Crippen molar-refractivity contribution in [2.45, 2.75) is 32.6 Å². The van der Waals surface area contributed by atoms with Gasteiger partial charge in [-0.25, -0.2) is 4.68 Å². The fourth-order valence-corrected chi connectivity index (χ4v) is 3.01. The van der Waals surface area contributed by atoms with Crippen molar-refractivity contribution in [3.05, 3.63) is 17.5 Å². The van der Waals surface area contributed by atoms with Gasteiger partial charge in [0.05, 0.1) is 11.9 Å². The first-order valence-corrected chi connectivity index (χ1v) is 5.98. The monoisotopic (exact) mass is 219 g/mol. The van der Waals surface area contributed by atoms with Gasteiger partial charge in [-0.3, -0.25) is 4.79 Å². The summed E-state index contributed by atoms with van der Waals surface area (Å²) in [6, 6.07) is 0. The molecule has 0 unspecified atom stereocenters. The molecule has 0 aliphatic carbocycles. The zero-order chi connectivity index (χ0) is 11.2. The lowest BCUT2D eigenvalue weighted by Crippen LogP contribution is -2.44. The SMILES string of the molecule is Cc1cnn2c1CC1(CCNCC1)CC2=O. The van der Waals surface area contributed by atoms with Crippen LogP contribution in [-0.2, 0) is 6.42 Å². The van der Waals surface area contributed by atoms with Gasteiger partial charge in [-0.2, -0.15) is 5.10 Å².